The van der Waals surface area contributed by atoms with Crippen molar-refractivity contribution in [3.63, 3.8) is 0 Å². The van der Waals surface area contributed by atoms with E-state index in [0.717, 1.165) is 16.1 Å². The van der Waals surface area contributed by atoms with Crippen LogP contribution in [-0.4, -0.2) is 31.3 Å². The molecule has 0 saturated heterocycles. The molecule has 3 rings (SSSR count). The normalized spacial score (nSPS) is 11.4. The van der Waals surface area contributed by atoms with Crippen molar-refractivity contribution in [3.05, 3.63) is 77.9 Å². The quantitative estimate of drug-likeness (QED) is 0.451. The number of ether oxygens (including phenoxy) is 2. The van der Waals surface area contributed by atoms with E-state index >= 15 is 0 Å². The highest BCUT2D eigenvalue weighted by Gasteiger charge is 2.19. The number of amides is 2. The van der Waals surface area contributed by atoms with Crippen molar-refractivity contribution in [2.45, 2.75) is 24.0 Å². The van der Waals surface area contributed by atoms with Gasteiger partial charge < -0.3 is 20.1 Å². The number of aryl methyl sites for hydroxylation is 1. The fraction of sp³-hybridized carbons (Fsp3) is 0.200. The molecule has 0 aromatic heterocycles. The molecule has 0 aliphatic carbocycles. The average Bonchev–Trinajstić information content (AvgIpc) is 2.80. The fourth-order valence-corrected chi connectivity index (χ4v) is 3.98. The van der Waals surface area contributed by atoms with E-state index in [1.54, 1.807) is 24.3 Å². The van der Waals surface area contributed by atoms with E-state index in [4.69, 9.17) is 9.47 Å². The number of carbonyl (C=O) groups is 2. The number of thioether (sulfide) groups is 1. The van der Waals surface area contributed by atoms with E-state index in [1.165, 1.54) is 26.0 Å². The van der Waals surface area contributed by atoms with Crippen molar-refractivity contribution < 1.29 is 19.1 Å². The maximum Gasteiger partial charge on any atom is 0.263 e. The minimum atomic E-state index is -0.341. The van der Waals surface area contributed by atoms with Gasteiger partial charge in [-0.15, -0.1) is 11.8 Å². The molecule has 0 bridgehead atoms. The first-order valence-corrected chi connectivity index (χ1v) is 11.0. The molecule has 3 aromatic carbocycles. The van der Waals surface area contributed by atoms with Gasteiger partial charge in [-0.25, -0.2) is 0 Å². The zero-order valence-electron chi connectivity index (χ0n) is 18.5. The highest BCUT2D eigenvalue weighted by atomic mass is 32.2. The van der Waals surface area contributed by atoms with Crippen molar-refractivity contribution in [1.82, 2.24) is 0 Å². The Morgan fingerprint density at radius 3 is 2.09 bits per heavy atom. The minimum Gasteiger partial charge on any atom is -0.496 e. The smallest absolute Gasteiger partial charge is 0.263 e. The predicted octanol–water partition coefficient (Wildman–Crippen LogP) is 5.38. The third-order valence-corrected chi connectivity index (χ3v) is 5.84. The van der Waals surface area contributed by atoms with Gasteiger partial charge in [0.1, 0.15) is 17.1 Å². The van der Waals surface area contributed by atoms with Gasteiger partial charge in [-0.1, -0.05) is 29.8 Å². The van der Waals surface area contributed by atoms with Crippen molar-refractivity contribution >= 4 is 35.0 Å². The summed E-state index contributed by atoms with van der Waals surface area (Å²) in [5.74, 6) is 0.418. The molecule has 6 nitrogen and oxygen atoms in total. The van der Waals surface area contributed by atoms with Crippen LogP contribution in [0.5, 0.6) is 11.5 Å². The fourth-order valence-electron chi connectivity index (χ4n) is 3.05. The van der Waals surface area contributed by atoms with Gasteiger partial charge in [-0.2, -0.15) is 0 Å². The molecule has 32 heavy (non-hydrogen) atoms. The van der Waals surface area contributed by atoms with E-state index < -0.39 is 0 Å². The van der Waals surface area contributed by atoms with Crippen LogP contribution in [0.2, 0.25) is 0 Å². The maximum atomic E-state index is 12.9. The van der Waals surface area contributed by atoms with E-state index in [9.17, 15) is 9.59 Å². The molecule has 7 heteroatoms. The van der Waals surface area contributed by atoms with Crippen LogP contribution in [0.1, 0.15) is 22.8 Å². The average molecular weight is 451 g/mol. The Morgan fingerprint density at radius 1 is 0.844 bits per heavy atom. The molecule has 3 aromatic rings. The second kappa shape index (κ2) is 10.7. The highest BCUT2D eigenvalue weighted by Crippen LogP contribution is 2.30. The van der Waals surface area contributed by atoms with Crippen LogP contribution in [0.25, 0.3) is 0 Å². The van der Waals surface area contributed by atoms with Gasteiger partial charge in [0.15, 0.2) is 0 Å². The molecule has 1 unspecified atom stereocenters. The summed E-state index contributed by atoms with van der Waals surface area (Å²) in [6.07, 6.45) is 0. The first kappa shape index (κ1) is 23.2. The van der Waals surface area contributed by atoms with Gasteiger partial charge >= 0.3 is 0 Å². The molecular formula is C25H26N2O4S. The van der Waals surface area contributed by atoms with Gasteiger partial charge in [-0.3, -0.25) is 9.59 Å². The number of methoxy groups -OCH3 is 2. The van der Waals surface area contributed by atoms with Crippen LogP contribution in [0.3, 0.4) is 0 Å². The number of anilines is 2. The van der Waals surface area contributed by atoms with E-state index in [2.05, 4.69) is 10.6 Å². The van der Waals surface area contributed by atoms with Crippen LogP contribution in [0.15, 0.2) is 71.6 Å². The Balaban J connectivity index is 1.68. The van der Waals surface area contributed by atoms with Crippen molar-refractivity contribution in [2.24, 2.45) is 0 Å². The lowest BCUT2D eigenvalue weighted by atomic mass is 10.1. The third kappa shape index (κ3) is 5.82. The van der Waals surface area contributed by atoms with Crippen molar-refractivity contribution in [1.29, 1.82) is 0 Å². The lowest BCUT2D eigenvalue weighted by Gasteiger charge is -2.15. The molecule has 0 aliphatic heterocycles. The summed E-state index contributed by atoms with van der Waals surface area (Å²) in [5, 5.41) is 5.49. The van der Waals surface area contributed by atoms with E-state index in [1.807, 2.05) is 56.3 Å². The first-order chi connectivity index (χ1) is 15.4. The van der Waals surface area contributed by atoms with E-state index in [0.29, 0.717) is 22.7 Å². The van der Waals surface area contributed by atoms with Crippen molar-refractivity contribution in [2.75, 3.05) is 24.9 Å². The summed E-state index contributed by atoms with van der Waals surface area (Å²) in [4.78, 5) is 26.3. The molecule has 2 amide bonds. The minimum absolute atomic E-state index is 0.0907. The largest absolute Gasteiger partial charge is 0.496 e. The molecule has 1 atom stereocenters. The van der Waals surface area contributed by atoms with Crippen LogP contribution in [0.4, 0.5) is 11.4 Å². The number of nitrogens with one attached hydrogen (secondary N) is 2. The summed E-state index contributed by atoms with van der Waals surface area (Å²) >= 11 is 1.41. The summed E-state index contributed by atoms with van der Waals surface area (Å²) in [7, 11) is 3.01. The zero-order chi connectivity index (χ0) is 23.1. The molecule has 0 saturated carbocycles. The number of hydrogen-bond acceptors (Lipinski definition) is 5. The topological polar surface area (TPSA) is 76.7 Å². The van der Waals surface area contributed by atoms with Crippen molar-refractivity contribution in [3.8, 4) is 11.5 Å². The molecule has 0 heterocycles. The Morgan fingerprint density at radius 2 is 1.47 bits per heavy atom. The Hall–Kier alpha value is -3.45. The molecule has 166 valence electrons. The Bertz CT molecular complexity index is 1080. The van der Waals surface area contributed by atoms with Gasteiger partial charge in [-0.05, 0) is 56.3 Å². The summed E-state index contributed by atoms with van der Waals surface area (Å²) in [6.45, 7) is 3.85. The number of rotatable bonds is 8. The lowest BCUT2D eigenvalue weighted by Crippen LogP contribution is -2.22. The molecule has 2 N–H and O–H groups in total. The Labute approximate surface area is 192 Å². The summed E-state index contributed by atoms with van der Waals surface area (Å²) in [5.41, 5.74) is 2.83. The second-order valence-electron chi connectivity index (χ2n) is 7.13. The van der Waals surface area contributed by atoms with Gasteiger partial charge in [0.2, 0.25) is 5.91 Å². The zero-order valence-corrected chi connectivity index (χ0v) is 19.3. The number of hydrogen-bond donors (Lipinski definition) is 2. The molecule has 0 aliphatic rings. The standard InChI is InChI=1S/C25H26N2O4S/c1-16-11-13-18(14-12-16)26-24(28)17(2)32-20-8-5-7-19(15-20)27-25(29)23-21(30-3)9-6-10-22(23)31-4/h5-15,17H,1-4H3,(H,26,28)(H,27,29). The summed E-state index contributed by atoms with van der Waals surface area (Å²) < 4.78 is 10.6. The van der Waals surface area contributed by atoms with Gasteiger partial charge in [0, 0.05) is 16.3 Å². The maximum absolute atomic E-state index is 12.9. The molecule has 0 radical (unpaired) electrons. The van der Waals surface area contributed by atoms with Gasteiger partial charge in [0.05, 0.1) is 19.5 Å². The highest BCUT2D eigenvalue weighted by molar-refractivity contribution is 8.00. The Kier molecular flexibility index (Phi) is 7.78. The first-order valence-electron chi connectivity index (χ1n) is 10.1. The molecule has 0 fully saturated rings. The van der Waals surface area contributed by atoms with E-state index in [-0.39, 0.29) is 17.1 Å². The third-order valence-electron chi connectivity index (χ3n) is 4.75. The second-order valence-corrected chi connectivity index (χ2v) is 8.55. The monoisotopic (exact) mass is 450 g/mol. The predicted molar refractivity (Wildman–Crippen MR) is 129 cm³/mol. The van der Waals surface area contributed by atoms with Gasteiger partial charge in [0.25, 0.3) is 5.91 Å². The van der Waals surface area contributed by atoms with Crippen LogP contribution in [-0.2, 0) is 4.79 Å². The molecular weight excluding hydrogens is 424 g/mol. The van der Waals surface area contributed by atoms with Crippen LogP contribution >= 0.6 is 11.8 Å². The summed E-state index contributed by atoms with van der Waals surface area (Å²) in [6, 6.07) is 20.2. The van der Waals surface area contributed by atoms with Crippen LogP contribution in [0, 0.1) is 6.92 Å². The number of benzene rings is 3. The van der Waals surface area contributed by atoms with Crippen LogP contribution < -0.4 is 20.1 Å². The molecule has 0 spiro atoms. The SMILES string of the molecule is COc1cccc(OC)c1C(=O)Nc1cccc(SC(C)C(=O)Nc2ccc(C)cc2)c1. The lowest BCUT2D eigenvalue weighted by molar-refractivity contribution is -0.115. The number of carbonyl (C=O) groups excluding carboxylic acids is 2.